The van der Waals surface area contributed by atoms with Crippen molar-refractivity contribution in [1.29, 1.82) is 0 Å². The third-order valence-electron chi connectivity index (χ3n) is 5.29. The van der Waals surface area contributed by atoms with E-state index >= 15 is 0 Å². The number of nitrogens with one attached hydrogen (secondary N) is 1. The van der Waals surface area contributed by atoms with Gasteiger partial charge in [0.15, 0.2) is 5.13 Å². The number of hydrogen-bond acceptors (Lipinski definition) is 4. The molecule has 0 radical (unpaired) electrons. The molecule has 0 fully saturated rings. The number of fused-ring (bicyclic) bond motifs is 1. The number of aryl methyl sites for hydroxylation is 3. The number of thiazole rings is 1. The van der Waals surface area contributed by atoms with Crippen LogP contribution >= 0.6 is 11.3 Å². The van der Waals surface area contributed by atoms with Crippen molar-refractivity contribution < 1.29 is 9.53 Å². The van der Waals surface area contributed by atoms with Gasteiger partial charge in [-0.25, -0.2) is 4.98 Å². The highest BCUT2D eigenvalue weighted by atomic mass is 32.1. The van der Waals surface area contributed by atoms with Crippen LogP contribution in [0.3, 0.4) is 0 Å². The van der Waals surface area contributed by atoms with Crippen LogP contribution < -0.4 is 10.1 Å². The molecule has 1 amide bonds. The molecule has 0 spiro atoms. The number of carbonyl (C=O) groups excluding carboxylic acids is 1. The van der Waals surface area contributed by atoms with Crippen molar-refractivity contribution in [2.45, 2.75) is 45.4 Å². The normalized spacial score (nSPS) is 13.0. The van der Waals surface area contributed by atoms with Crippen molar-refractivity contribution in [3.63, 3.8) is 0 Å². The number of benzene rings is 2. The lowest BCUT2D eigenvalue weighted by atomic mass is 9.90. The van der Waals surface area contributed by atoms with Gasteiger partial charge in [0, 0.05) is 17.4 Å². The first-order valence-corrected chi connectivity index (χ1v) is 11.1. The highest BCUT2D eigenvalue weighted by Gasteiger charge is 2.13. The summed E-state index contributed by atoms with van der Waals surface area (Å²) in [7, 11) is 0. The van der Waals surface area contributed by atoms with E-state index in [1.54, 1.807) is 0 Å². The van der Waals surface area contributed by atoms with Crippen molar-refractivity contribution in [3.05, 3.63) is 64.5 Å². The second-order valence-electron chi connectivity index (χ2n) is 7.49. The van der Waals surface area contributed by atoms with Gasteiger partial charge in [-0.15, -0.1) is 11.3 Å². The number of carbonyl (C=O) groups is 1. The largest absolute Gasteiger partial charge is 0.493 e. The van der Waals surface area contributed by atoms with Crippen molar-refractivity contribution in [1.82, 2.24) is 4.98 Å². The zero-order chi connectivity index (χ0) is 20.1. The fraction of sp³-hybridized carbons (Fsp3) is 0.333. The minimum Gasteiger partial charge on any atom is -0.493 e. The number of hydrogen-bond donors (Lipinski definition) is 1. The highest BCUT2D eigenvalue weighted by Crippen LogP contribution is 2.29. The molecule has 0 bridgehead atoms. The minimum atomic E-state index is -0.0234. The van der Waals surface area contributed by atoms with Gasteiger partial charge < -0.3 is 10.1 Å². The average Bonchev–Trinajstić information content (AvgIpc) is 3.20. The summed E-state index contributed by atoms with van der Waals surface area (Å²) in [4.78, 5) is 16.8. The molecular formula is C24H26N2O2S. The van der Waals surface area contributed by atoms with Crippen LogP contribution in [-0.2, 0) is 17.6 Å². The fourth-order valence-electron chi connectivity index (χ4n) is 3.67. The number of ether oxygens (including phenoxy) is 1. The first kappa shape index (κ1) is 19.6. The van der Waals surface area contributed by atoms with Crippen LogP contribution in [-0.4, -0.2) is 17.5 Å². The Kier molecular flexibility index (Phi) is 6.25. The molecule has 5 heteroatoms. The maximum absolute atomic E-state index is 12.2. The summed E-state index contributed by atoms with van der Waals surface area (Å²) in [6.07, 6.45) is 5.98. The van der Waals surface area contributed by atoms with Gasteiger partial charge in [0.25, 0.3) is 0 Å². The lowest BCUT2D eigenvalue weighted by Gasteiger charge is -2.16. The van der Waals surface area contributed by atoms with E-state index in [0.29, 0.717) is 24.6 Å². The zero-order valence-electron chi connectivity index (χ0n) is 16.7. The van der Waals surface area contributed by atoms with E-state index in [4.69, 9.17) is 4.74 Å². The Morgan fingerprint density at radius 2 is 1.97 bits per heavy atom. The molecule has 1 aliphatic carbocycles. The predicted octanol–water partition coefficient (Wildman–Crippen LogP) is 5.80. The summed E-state index contributed by atoms with van der Waals surface area (Å²) in [6, 6.07) is 14.6. The molecular weight excluding hydrogens is 380 g/mol. The highest BCUT2D eigenvalue weighted by molar-refractivity contribution is 7.14. The molecule has 0 aliphatic heterocycles. The van der Waals surface area contributed by atoms with Gasteiger partial charge in [-0.2, -0.15) is 0 Å². The van der Waals surface area contributed by atoms with E-state index in [2.05, 4.69) is 28.5 Å². The number of amides is 1. The van der Waals surface area contributed by atoms with E-state index < -0.39 is 0 Å². The molecule has 4 nitrogen and oxygen atoms in total. The zero-order valence-corrected chi connectivity index (χ0v) is 17.6. The van der Waals surface area contributed by atoms with E-state index in [1.807, 2.05) is 36.6 Å². The van der Waals surface area contributed by atoms with E-state index in [1.165, 1.54) is 41.7 Å². The Labute approximate surface area is 176 Å². The maximum atomic E-state index is 12.2. The molecule has 0 atom stereocenters. The third-order valence-corrected chi connectivity index (χ3v) is 6.05. The molecule has 0 saturated carbocycles. The first-order chi connectivity index (χ1) is 14.2. The van der Waals surface area contributed by atoms with Gasteiger partial charge in [0.1, 0.15) is 5.75 Å². The molecule has 29 heavy (non-hydrogen) atoms. The summed E-state index contributed by atoms with van der Waals surface area (Å²) >= 11 is 1.47. The van der Waals surface area contributed by atoms with Crippen LogP contribution in [0.15, 0.2) is 47.8 Å². The Balaban J connectivity index is 1.27. The molecule has 1 aromatic heterocycles. The second-order valence-corrected chi connectivity index (χ2v) is 8.35. The summed E-state index contributed by atoms with van der Waals surface area (Å²) in [5.74, 6) is 0.854. The van der Waals surface area contributed by atoms with Gasteiger partial charge >= 0.3 is 0 Å². The molecule has 0 saturated heterocycles. The second kappa shape index (κ2) is 9.23. The SMILES string of the molecule is Cc1ccccc1OCCCC(=O)Nc1nc(-c2ccc3c(c2)CCCC3)cs1. The maximum Gasteiger partial charge on any atom is 0.226 e. The lowest BCUT2D eigenvalue weighted by Crippen LogP contribution is -2.12. The Morgan fingerprint density at radius 1 is 1.14 bits per heavy atom. The van der Waals surface area contributed by atoms with Crippen LogP contribution in [0.25, 0.3) is 11.3 Å². The van der Waals surface area contributed by atoms with Gasteiger partial charge in [0.05, 0.1) is 12.3 Å². The van der Waals surface area contributed by atoms with E-state index in [9.17, 15) is 4.79 Å². The molecule has 150 valence electrons. The molecule has 0 unspecified atom stereocenters. The molecule has 2 aromatic carbocycles. The summed E-state index contributed by atoms with van der Waals surface area (Å²) < 4.78 is 5.75. The van der Waals surface area contributed by atoms with Gasteiger partial charge in [-0.3, -0.25) is 4.79 Å². The quantitative estimate of drug-likeness (QED) is 0.505. The standard InChI is InChI=1S/C24H26N2O2S/c1-17-7-2-5-10-22(17)28-14-6-11-23(27)26-24-25-21(16-29-24)20-13-12-18-8-3-4-9-19(18)15-20/h2,5,7,10,12-13,15-16H,3-4,6,8-9,11,14H2,1H3,(H,25,26,27). The van der Waals surface area contributed by atoms with Gasteiger partial charge in [0.2, 0.25) is 5.91 Å². The monoisotopic (exact) mass is 406 g/mol. The van der Waals surface area contributed by atoms with Crippen molar-refractivity contribution >= 4 is 22.4 Å². The van der Waals surface area contributed by atoms with E-state index in [-0.39, 0.29) is 5.91 Å². The van der Waals surface area contributed by atoms with Crippen molar-refractivity contribution in [3.8, 4) is 17.0 Å². The van der Waals surface area contributed by atoms with Crippen LogP contribution in [0, 0.1) is 6.92 Å². The molecule has 1 N–H and O–H groups in total. The Bertz CT molecular complexity index is 996. The average molecular weight is 407 g/mol. The summed E-state index contributed by atoms with van der Waals surface area (Å²) in [6.45, 7) is 2.54. The summed E-state index contributed by atoms with van der Waals surface area (Å²) in [5.41, 5.74) is 6.09. The lowest BCUT2D eigenvalue weighted by molar-refractivity contribution is -0.116. The predicted molar refractivity (Wildman–Crippen MR) is 119 cm³/mol. The first-order valence-electron chi connectivity index (χ1n) is 10.2. The van der Waals surface area contributed by atoms with Crippen molar-refractivity contribution in [2.75, 3.05) is 11.9 Å². The minimum absolute atomic E-state index is 0.0234. The van der Waals surface area contributed by atoms with Crippen LogP contribution in [0.1, 0.15) is 42.4 Å². The van der Waals surface area contributed by atoms with Gasteiger partial charge in [-0.1, -0.05) is 30.3 Å². The topological polar surface area (TPSA) is 51.2 Å². The number of rotatable bonds is 7. The van der Waals surface area contributed by atoms with Gasteiger partial charge in [-0.05, 0) is 67.9 Å². The molecule has 4 rings (SSSR count). The van der Waals surface area contributed by atoms with Crippen LogP contribution in [0.5, 0.6) is 5.75 Å². The smallest absolute Gasteiger partial charge is 0.226 e. The molecule has 1 heterocycles. The third kappa shape index (κ3) is 5.04. The van der Waals surface area contributed by atoms with E-state index in [0.717, 1.165) is 29.0 Å². The number of aromatic nitrogens is 1. The molecule has 3 aromatic rings. The number of anilines is 1. The van der Waals surface area contributed by atoms with Crippen molar-refractivity contribution in [2.24, 2.45) is 0 Å². The van der Waals surface area contributed by atoms with Crippen LogP contribution in [0.4, 0.5) is 5.13 Å². The molecule has 1 aliphatic rings. The number of para-hydroxylation sites is 1. The van der Waals surface area contributed by atoms with Crippen LogP contribution in [0.2, 0.25) is 0 Å². The Hall–Kier alpha value is -2.66. The number of nitrogens with zero attached hydrogens (tertiary/aromatic N) is 1. The fourth-order valence-corrected chi connectivity index (χ4v) is 4.41. The Morgan fingerprint density at radius 3 is 2.83 bits per heavy atom. The summed E-state index contributed by atoms with van der Waals surface area (Å²) in [5, 5.41) is 5.59.